The van der Waals surface area contributed by atoms with Crippen LogP contribution < -0.4 is 0 Å². The third-order valence-electron chi connectivity index (χ3n) is 3.35. The van der Waals surface area contributed by atoms with Gasteiger partial charge in [0.15, 0.2) is 0 Å². The van der Waals surface area contributed by atoms with Gasteiger partial charge in [-0.15, -0.1) is 0 Å². The summed E-state index contributed by atoms with van der Waals surface area (Å²) in [5.41, 5.74) is 0.905. The summed E-state index contributed by atoms with van der Waals surface area (Å²) in [4.78, 5) is 24.0. The van der Waals surface area contributed by atoms with E-state index in [2.05, 4.69) is 41.5 Å². The Morgan fingerprint density at radius 1 is 0.643 bits per heavy atom. The van der Waals surface area contributed by atoms with E-state index in [-0.39, 0.29) is 24.0 Å². The topological polar surface area (TPSA) is 71.1 Å². The number of benzene rings is 1. The highest BCUT2D eigenvalue weighted by molar-refractivity contribution is 5.93. The number of hydrogen-bond donors (Lipinski definition) is 0. The van der Waals surface area contributed by atoms with Crippen molar-refractivity contribution in [2.24, 2.45) is 10.8 Å². The minimum absolute atomic E-state index is 0.0766. The Hall–Kier alpha value is -1.92. The number of hydrogen-bond acceptors (Lipinski definition) is 6. The maximum absolute atomic E-state index is 12.0. The second-order valence-electron chi connectivity index (χ2n) is 9.08. The van der Waals surface area contributed by atoms with Crippen LogP contribution in [-0.4, -0.2) is 51.6 Å². The maximum Gasteiger partial charge on any atom is 0.338 e. The molecule has 0 aliphatic rings. The van der Waals surface area contributed by atoms with Gasteiger partial charge in [-0.2, -0.15) is 0 Å². The molecule has 0 saturated heterocycles. The number of esters is 2. The van der Waals surface area contributed by atoms with Crippen LogP contribution >= 0.6 is 0 Å². The van der Waals surface area contributed by atoms with Gasteiger partial charge >= 0.3 is 11.9 Å². The molecule has 0 atom stereocenters. The van der Waals surface area contributed by atoms with Crippen LogP contribution in [0, 0.1) is 10.8 Å². The van der Waals surface area contributed by atoms with Crippen molar-refractivity contribution in [2.45, 2.75) is 41.5 Å². The highest BCUT2D eigenvalue weighted by Crippen LogP contribution is 2.13. The molecule has 0 bridgehead atoms. The minimum Gasteiger partial charge on any atom is -0.460 e. The molecule has 1 aromatic rings. The Bertz CT molecular complexity index is 552. The molecule has 0 amide bonds. The lowest BCUT2D eigenvalue weighted by Crippen LogP contribution is -2.18. The van der Waals surface area contributed by atoms with Gasteiger partial charge in [-0.1, -0.05) is 41.5 Å². The molecule has 0 saturated carbocycles. The molecule has 28 heavy (non-hydrogen) atoms. The molecule has 6 nitrogen and oxygen atoms in total. The van der Waals surface area contributed by atoms with Crippen molar-refractivity contribution in [2.75, 3.05) is 39.6 Å². The average Bonchev–Trinajstić information content (AvgIpc) is 2.59. The molecule has 1 aromatic carbocycles. The van der Waals surface area contributed by atoms with Crippen molar-refractivity contribution in [3.8, 4) is 0 Å². The van der Waals surface area contributed by atoms with Crippen LogP contribution in [0.2, 0.25) is 0 Å². The SMILES string of the molecule is CC(C)(C)COCCOC(=O)c1ccc(C(=O)OCCOCC(C)(C)C)cc1. The zero-order valence-corrected chi connectivity index (χ0v) is 18.0. The lowest BCUT2D eigenvalue weighted by Gasteiger charge is -2.17. The summed E-state index contributed by atoms with van der Waals surface area (Å²) in [6.07, 6.45) is 0. The first-order chi connectivity index (χ1) is 13.0. The molecule has 158 valence electrons. The van der Waals surface area contributed by atoms with E-state index in [0.717, 1.165) is 0 Å². The molecule has 0 spiro atoms. The highest BCUT2D eigenvalue weighted by Gasteiger charge is 2.13. The Morgan fingerprint density at radius 2 is 0.964 bits per heavy atom. The molecule has 0 radical (unpaired) electrons. The zero-order valence-electron chi connectivity index (χ0n) is 18.0. The average molecular weight is 395 g/mol. The van der Waals surface area contributed by atoms with Crippen LogP contribution in [0.3, 0.4) is 0 Å². The predicted octanol–water partition coefficient (Wildman–Crippen LogP) is 4.13. The number of rotatable bonds is 10. The van der Waals surface area contributed by atoms with E-state index < -0.39 is 11.9 Å². The first-order valence-corrected chi connectivity index (χ1v) is 9.58. The normalized spacial score (nSPS) is 11.9. The fourth-order valence-corrected chi connectivity index (χ4v) is 2.05. The fourth-order valence-electron chi connectivity index (χ4n) is 2.05. The second-order valence-corrected chi connectivity index (χ2v) is 9.08. The number of carbonyl (C=O) groups excluding carboxylic acids is 2. The fraction of sp³-hybridized carbons (Fsp3) is 0.636. The quantitative estimate of drug-likeness (QED) is 0.439. The van der Waals surface area contributed by atoms with Crippen LogP contribution in [0.4, 0.5) is 0 Å². The van der Waals surface area contributed by atoms with E-state index in [1.54, 1.807) is 24.3 Å². The summed E-state index contributed by atoms with van der Waals surface area (Å²) in [7, 11) is 0. The van der Waals surface area contributed by atoms with Crippen molar-refractivity contribution >= 4 is 11.9 Å². The lowest BCUT2D eigenvalue weighted by atomic mass is 9.99. The van der Waals surface area contributed by atoms with Gasteiger partial charge in [-0.05, 0) is 35.1 Å². The second kappa shape index (κ2) is 11.2. The van der Waals surface area contributed by atoms with Crippen LogP contribution in [0.1, 0.15) is 62.3 Å². The molecule has 1 rings (SSSR count). The third kappa shape index (κ3) is 11.0. The highest BCUT2D eigenvalue weighted by atomic mass is 16.6. The van der Waals surface area contributed by atoms with E-state index in [0.29, 0.717) is 37.6 Å². The third-order valence-corrected chi connectivity index (χ3v) is 3.35. The molecular weight excluding hydrogens is 360 g/mol. The van der Waals surface area contributed by atoms with Crippen molar-refractivity contribution in [1.29, 1.82) is 0 Å². The molecule has 0 aliphatic carbocycles. The molecule has 0 heterocycles. The van der Waals surface area contributed by atoms with Crippen molar-refractivity contribution in [3.05, 3.63) is 35.4 Å². The molecule has 0 unspecified atom stereocenters. The Morgan fingerprint density at radius 3 is 1.25 bits per heavy atom. The summed E-state index contributed by atoms with van der Waals surface area (Å²) >= 11 is 0. The van der Waals surface area contributed by atoms with Gasteiger partial charge in [0.1, 0.15) is 13.2 Å². The van der Waals surface area contributed by atoms with Gasteiger partial charge in [-0.25, -0.2) is 9.59 Å². The number of ether oxygens (including phenoxy) is 4. The van der Waals surface area contributed by atoms with E-state index in [1.807, 2.05) is 0 Å². The van der Waals surface area contributed by atoms with Crippen LogP contribution in [0.5, 0.6) is 0 Å². The molecule has 0 fully saturated rings. The van der Waals surface area contributed by atoms with Gasteiger partial charge in [0.05, 0.1) is 37.6 Å². The smallest absolute Gasteiger partial charge is 0.338 e. The van der Waals surface area contributed by atoms with E-state index in [4.69, 9.17) is 18.9 Å². The molecule has 0 N–H and O–H groups in total. The van der Waals surface area contributed by atoms with E-state index in [9.17, 15) is 9.59 Å². The summed E-state index contributed by atoms with van der Waals surface area (Å²) < 4.78 is 21.3. The molecule has 0 aliphatic heterocycles. The van der Waals surface area contributed by atoms with Gasteiger partial charge in [0.2, 0.25) is 0 Å². The van der Waals surface area contributed by atoms with Gasteiger partial charge in [0.25, 0.3) is 0 Å². The predicted molar refractivity (Wildman–Crippen MR) is 108 cm³/mol. The van der Waals surface area contributed by atoms with Crippen molar-refractivity contribution < 1.29 is 28.5 Å². The van der Waals surface area contributed by atoms with Crippen LogP contribution in [0.25, 0.3) is 0 Å². The van der Waals surface area contributed by atoms with E-state index >= 15 is 0 Å². The number of carbonyl (C=O) groups is 2. The maximum atomic E-state index is 12.0. The molecular formula is C22H34O6. The monoisotopic (exact) mass is 394 g/mol. The standard InChI is InChI=1S/C22H34O6/c1-21(2,3)15-25-11-13-27-19(23)17-7-9-18(10-8-17)20(24)28-14-12-26-16-22(4,5)6/h7-10H,11-16H2,1-6H3. The zero-order chi connectivity index (χ0) is 21.2. The van der Waals surface area contributed by atoms with Gasteiger partial charge in [-0.3, -0.25) is 0 Å². The summed E-state index contributed by atoms with van der Waals surface area (Å²) in [6, 6.07) is 6.19. The van der Waals surface area contributed by atoms with Gasteiger partial charge < -0.3 is 18.9 Å². The molecule has 6 heteroatoms. The van der Waals surface area contributed by atoms with Crippen molar-refractivity contribution in [3.63, 3.8) is 0 Å². The van der Waals surface area contributed by atoms with Crippen LogP contribution in [0.15, 0.2) is 24.3 Å². The Labute approximate surface area is 168 Å². The minimum atomic E-state index is -0.449. The first-order valence-electron chi connectivity index (χ1n) is 9.58. The lowest BCUT2D eigenvalue weighted by molar-refractivity contribution is 0.0172. The Kier molecular flexibility index (Phi) is 9.62. The van der Waals surface area contributed by atoms with E-state index in [1.165, 1.54) is 0 Å². The summed E-state index contributed by atoms with van der Waals surface area (Å²) in [6.45, 7) is 14.7. The van der Waals surface area contributed by atoms with Crippen LogP contribution in [-0.2, 0) is 18.9 Å². The first kappa shape index (κ1) is 24.1. The largest absolute Gasteiger partial charge is 0.460 e. The van der Waals surface area contributed by atoms with Crippen molar-refractivity contribution in [1.82, 2.24) is 0 Å². The summed E-state index contributed by atoms with van der Waals surface area (Å²) in [5.74, 6) is -0.898. The Balaban J connectivity index is 2.31. The summed E-state index contributed by atoms with van der Waals surface area (Å²) in [5, 5.41) is 0. The molecule has 0 aromatic heterocycles. The van der Waals surface area contributed by atoms with Gasteiger partial charge in [0, 0.05) is 0 Å².